The summed E-state index contributed by atoms with van der Waals surface area (Å²) < 4.78 is 19.3. The Balaban J connectivity index is 2.78. The summed E-state index contributed by atoms with van der Waals surface area (Å²) in [5.74, 6) is 1.09. The van der Waals surface area contributed by atoms with Gasteiger partial charge in [0.15, 0.2) is 0 Å². The van der Waals surface area contributed by atoms with Gasteiger partial charge >= 0.3 is 0 Å². The predicted octanol–water partition coefficient (Wildman–Crippen LogP) is 4.31. The highest BCUT2D eigenvalue weighted by molar-refractivity contribution is 5.36. The standard InChI is InChI=1S/C16H26FNO/c1-5-9-18-13(4)15-10-14(17)7-8-16(15)19-11-12(3)6-2/h7-8,10,12-13,18H,5-6,9,11H2,1-4H3. The summed E-state index contributed by atoms with van der Waals surface area (Å²) in [7, 11) is 0. The van der Waals surface area contributed by atoms with Crippen molar-refractivity contribution in [2.45, 2.75) is 46.6 Å². The molecule has 0 aliphatic heterocycles. The Bertz CT molecular complexity index is 381. The molecular weight excluding hydrogens is 241 g/mol. The van der Waals surface area contributed by atoms with Crippen molar-refractivity contribution in [3.05, 3.63) is 29.6 Å². The van der Waals surface area contributed by atoms with E-state index < -0.39 is 0 Å². The molecule has 3 heteroatoms. The zero-order valence-corrected chi connectivity index (χ0v) is 12.5. The lowest BCUT2D eigenvalue weighted by molar-refractivity contribution is 0.252. The third-order valence-corrected chi connectivity index (χ3v) is 3.36. The van der Waals surface area contributed by atoms with Gasteiger partial charge in [0.05, 0.1) is 6.61 Å². The summed E-state index contributed by atoms with van der Waals surface area (Å²) in [6.07, 6.45) is 2.14. The van der Waals surface area contributed by atoms with Crippen LogP contribution in [-0.2, 0) is 0 Å². The molecule has 19 heavy (non-hydrogen) atoms. The highest BCUT2D eigenvalue weighted by atomic mass is 19.1. The van der Waals surface area contributed by atoms with Gasteiger partial charge in [-0.2, -0.15) is 0 Å². The van der Waals surface area contributed by atoms with Crippen molar-refractivity contribution in [1.29, 1.82) is 0 Å². The average molecular weight is 267 g/mol. The lowest BCUT2D eigenvalue weighted by Crippen LogP contribution is -2.20. The van der Waals surface area contributed by atoms with Gasteiger partial charge in [0.25, 0.3) is 0 Å². The van der Waals surface area contributed by atoms with Crippen LogP contribution in [-0.4, -0.2) is 13.2 Å². The molecule has 0 bridgehead atoms. The Morgan fingerprint density at radius 1 is 1.26 bits per heavy atom. The van der Waals surface area contributed by atoms with Crippen molar-refractivity contribution < 1.29 is 9.13 Å². The molecule has 0 radical (unpaired) electrons. The summed E-state index contributed by atoms with van der Waals surface area (Å²) in [6.45, 7) is 10.1. The van der Waals surface area contributed by atoms with Gasteiger partial charge in [-0.3, -0.25) is 0 Å². The first-order valence-electron chi connectivity index (χ1n) is 7.24. The molecule has 0 saturated heterocycles. The highest BCUT2D eigenvalue weighted by Gasteiger charge is 2.13. The molecule has 0 heterocycles. The fourth-order valence-corrected chi connectivity index (χ4v) is 1.81. The molecule has 108 valence electrons. The molecule has 2 atom stereocenters. The van der Waals surface area contributed by atoms with E-state index in [0.717, 1.165) is 30.7 Å². The number of rotatable bonds is 8. The normalized spacial score (nSPS) is 14.2. The van der Waals surface area contributed by atoms with E-state index in [4.69, 9.17) is 4.74 Å². The van der Waals surface area contributed by atoms with Gasteiger partial charge in [0.2, 0.25) is 0 Å². The van der Waals surface area contributed by atoms with E-state index in [2.05, 4.69) is 26.1 Å². The van der Waals surface area contributed by atoms with E-state index in [1.807, 2.05) is 6.92 Å². The molecule has 0 aromatic heterocycles. The smallest absolute Gasteiger partial charge is 0.124 e. The number of halogens is 1. The van der Waals surface area contributed by atoms with E-state index in [-0.39, 0.29) is 11.9 Å². The number of benzene rings is 1. The van der Waals surface area contributed by atoms with Gasteiger partial charge in [0.1, 0.15) is 11.6 Å². The second kappa shape index (κ2) is 8.16. The Morgan fingerprint density at radius 3 is 2.63 bits per heavy atom. The molecule has 1 aromatic rings. The molecule has 2 nitrogen and oxygen atoms in total. The van der Waals surface area contributed by atoms with Crippen molar-refractivity contribution >= 4 is 0 Å². The van der Waals surface area contributed by atoms with Crippen molar-refractivity contribution in [3.8, 4) is 5.75 Å². The molecule has 0 spiro atoms. The third kappa shape index (κ3) is 5.19. The first kappa shape index (κ1) is 16.0. The molecule has 1 N–H and O–H groups in total. The van der Waals surface area contributed by atoms with Crippen LogP contribution >= 0.6 is 0 Å². The fourth-order valence-electron chi connectivity index (χ4n) is 1.81. The van der Waals surface area contributed by atoms with Crippen LogP contribution in [0.4, 0.5) is 4.39 Å². The molecule has 1 aromatic carbocycles. The molecule has 0 saturated carbocycles. The van der Waals surface area contributed by atoms with E-state index >= 15 is 0 Å². The van der Waals surface area contributed by atoms with Crippen LogP contribution in [0.5, 0.6) is 5.75 Å². The average Bonchev–Trinajstić information content (AvgIpc) is 2.42. The minimum atomic E-state index is -0.212. The lowest BCUT2D eigenvalue weighted by atomic mass is 10.1. The van der Waals surface area contributed by atoms with Gasteiger partial charge in [-0.15, -0.1) is 0 Å². The minimum absolute atomic E-state index is 0.0996. The SMILES string of the molecule is CCCNC(C)c1cc(F)ccc1OCC(C)CC. The zero-order chi connectivity index (χ0) is 14.3. The van der Waals surface area contributed by atoms with Crippen LogP contribution in [0.25, 0.3) is 0 Å². The summed E-state index contributed by atoms with van der Waals surface area (Å²) in [5, 5.41) is 3.37. The number of ether oxygens (including phenoxy) is 1. The van der Waals surface area contributed by atoms with Gasteiger partial charge in [-0.05, 0) is 44.0 Å². The Hall–Kier alpha value is -1.09. The van der Waals surface area contributed by atoms with Crippen LogP contribution in [0.1, 0.15) is 52.1 Å². The first-order chi connectivity index (χ1) is 9.08. The largest absolute Gasteiger partial charge is 0.493 e. The second-order valence-electron chi connectivity index (χ2n) is 5.18. The molecule has 0 aliphatic carbocycles. The third-order valence-electron chi connectivity index (χ3n) is 3.36. The van der Waals surface area contributed by atoms with E-state index in [1.54, 1.807) is 12.1 Å². The quantitative estimate of drug-likeness (QED) is 0.757. The predicted molar refractivity (Wildman–Crippen MR) is 78.1 cm³/mol. The van der Waals surface area contributed by atoms with Crippen LogP contribution in [0.3, 0.4) is 0 Å². The van der Waals surface area contributed by atoms with Gasteiger partial charge in [-0.25, -0.2) is 4.39 Å². The highest BCUT2D eigenvalue weighted by Crippen LogP contribution is 2.26. The second-order valence-corrected chi connectivity index (χ2v) is 5.18. The number of nitrogens with one attached hydrogen (secondary N) is 1. The lowest BCUT2D eigenvalue weighted by Gasteiger charge is -2.19. The maximum absolute atomic E-state index is 13.4. The van der Waals surface area contributed by atoms with Crippen molar-refractivity contribution in [3.63, 3.8) is 0 Å². The summed E-state index contributed by atoms with van der Waals surface area (Å²) in [4.78, 5) is 0. The Labute approximate surface area is 116 Å². The van der Waals surface area contributed by atoms with Crippen molar-refractivity contribution in [2.24, 2.45) is 5.92 Å². The Morgan fingerprint density at radius 2 is 2.00 bits per heavy atom. The van der Waals surface area contributed by atoms with Crippen LogP contribution in [0.2, 0.25) is 0 Å². The van der Waals surface area contributed by atoms with E-state index in [0.29, 0.717) is 12.5 Å². The summed E-state index contributed by atoms with van der Waals surface area (Å²) in [6, 6.07) is 4.86. The first-order valence-corrected chi connectivity index (χ1v) is 7.24. The van der Waals surface area contributed by atoms with E-state index in [1.165, 1.54) is 6.07 Å². The maximum atomic E-state index is 13.4. The Kier molecular flexibility index (Phi) is 6.85. The van der Waals surface area contributed by atoms with Crippen LogP contribution in [0, 0.1) is 11.7 Å². The summed E-state index contributed by atoms with van der Waals surface area (Å²) >= 11 is 0. The topological polar surface area (TPSA) is 21.3 Å². The minimum Gasteiger partial charge on any atom is -0.493 e. The molecular formula is C16H26FNO. The number of hydrogen-bond acceptors (Lipinski definition) is 2. The fraction of sp³-hybridized carbons (Fsp3) is 0.625. The summed E-state index contributed by atoms with van der Waals surface area (Å²) in [5.41, 5.74) is 0.900. The van der Waals surface area contributed by atoms with Crippen LogP contribution < -0.4 is 10.1 Å². The van der Waals surface area contributed by atoms with Crippen molar-refractivity contribution in [2.75, 3.05) is 13.2 Å². The van der Waals surface area contributed by atoms with Gasteiger partial charge in [0, 0.05) is 11.6 Å². The number of hydrogen-bond donors (Lipinski definition) is 1. The molecule has 0 amide bonds. The maximum Gasteiger partial charge on any atom is 0.124 e. The van der Waals surface area contributed by atoms with Gasteiger partial charge < -0.3 is 10.1 Å². The van der Waals surface area contributed by atoms with Crippen molar-refractivity contribution in [1.82, 2.24) is 5.32 Å². The zero-order valence-electron chi connectivity index (χ0n) is 12.5. The van der Waals surface area contributed by atoms with Gasteiger partial charge in [-0.1, -0.05) is 27.2 Å². The molecule has 0 aliphatic rings. The molecule has 1 rings (SSSR count). The monoisotopic (exact) mass is 267 g/mol. The molecule has 2 unspecified atom stereocenters. The molecule has 0 fully saturated rings. The van der Waals surface area contributed by atoms with Crippen LogP contribution in [0.15, 0.2) is 18.2 Å². The van der Waals surface area contributed by atoms with E-state index in [9.17, 15) is 4.39 Å².